The van der Waals surface area contributed by atoms with Crippen LogP contribution in [0.4, 0.5) is 0 Å². The maximum Gasteiger partial charge on any atom is 0.339 e. The molecule has 1 atom stereocenters. The maximum absolute atomic E-state index is 11.8. The summed E-state index contributed by atoms with van der Waals surface area (Å²) in [6, 6.07) is 10.5. The van der Waals surface area contributed by atoms with Crippen molar-refractivity contribution in [2.24, 2.45) is 5.92 Å². The summed E-state index contributed by atoms with van der Waals surface area (Å²) in [5.74, 6) is 0.711. The second-order valence-corrected chi connectivity index (χ2v) is 7.34. The molecule has 1 aromatic carbocycles. The van der Waals surface area contributed by atoms with Crippen molar-refractivity contribution < 1.29 is 14.3 Å². The predicted octanol–water partition coefficient (Wildman–Crippen LogP) is 4.54. The van der Waals surface area contributed by atoms with Gasteiger partial charge in [0.25, 0.3) is 0 Å². The Morgan fingerprint density at radius 3 is 2.63 bits per heavy atom. The highest BCUT2D eigenvalue weighted by Crippen LogP contribution is 2.25. The van der Waals surface area contributed by atoms with E-state index in [-0.39, 0.29) is 5.97 Å². The van der Waals surface area contributed by atoms with Gasteiger partial charge in [0.2, 0.25) is 0 Å². The standard InChI is InChI=1S/C23H27NO3/c1-2-27-23(26)21-14-20(15-24-16-21)13-19-8-6-18(7-9-19)12-17-4-3-5-22(25)11-10-17/h6-9,14-17H,2-5,10-13H2,1H3. The lowest BCUT2D eigenvalue weighted by atomic mass is 9.92. The molecule has 0 spiro atoms. The smallest absolute Gasteiger partial charge is 0.339 e. The van der Waals surface area contributed by atoms with E-state index in [1.165, 1.54) is 11.1 Å². The van der Waals surface area contributed by atoms with E-state index in [2.05, 4.69) is 29.2 Å². The molecule has 0 amide bonds. The highest BCUT2D eigenvalue weighted by molar-refractivity contribution is 5.89. The van der Waals surface area contributed by atoms with E-state index in [9.17, 15) is 9.59 Å². The number of nitrogens with zero attached hydrogens (tertiary/aromatic N) is 1. The van der Waals surface area contributed by atoms with E-state index in [1.807, 2.05) is 6.07 Å². The fraction of sp³-hybridized carbons (Fsp3) is 0.435. The second-order valence-electron chi connectivity index (χ2n) is 7.34. The van der Waals surface area contributed by atoms with Crippen LogP contribution in [0.1, 0.15) is 66.1 Å². The van der Waals surface area contributed by atoms with Crippen LogP contribution in [0.2, 0.25) is 0 Å². The number of carbonyl (C=O) groups is 2. The van der Waals surface area contributed by atoms with Gasteiger partial charge in [-0.15, -0.1) is 0 Å². The third kappa shape index (κ3) is 5.75. The summed E-state index contributed by atoms with van der Waals surface area (Å²) in [4.78, 5) is 27.6. The first-order valence-corrected chi connectivity index (χ1v) is 9.84. The van der Waals surface area contributed by atoms with Gasteiger partial charge in [0.05, 0.1) is 12.2 Å². The summed E-state index contributed by atoms with van der Waals surface area (Å²) < 4.78 is 5.04. The Hall–Kier alpha value is -2.49. The zero-order valence-corrected chi connectivity index (χ0v) is 15.9. The third-order valence-electron chi connectivity index (χ3n) is 5.16. The van der Waals surface area contributed by atoms with Crippen molar-refractivity contribution in [3.8, 4) is 0 Å². The van der Waals surface area contributed by atoms with E-state index in [1.54, 1.807) is 19.3 Å². The Kier molecular flexibility index (Phi) is 6.74. The minimum absolute atomic E-state index is 0.330. The molecule has 1 unspecified atom stereocenters. The number of esters is 1. The summed E-state index contributed by atoms with van der Waals surface area (Å²) in [6.45, 7) is 2.16. The van der Waals surface area contributed by atoms with Gasteiger partial charge in [-0.2, -0.15) is 0 Å². The molecule has 4 heteroatoms. The molecule has 0 saturated heterocycles. The number of Topliss-reactive ketones (excluding diaryl/α,β-unsaturated/α-hetero) is 1. The topological polar surface area (TPSA) is 56.3 Å². The number of aromatic nitrogens is 1. The molecule has 1 aromatic heterocycles. The average Bonchev–Trinajstić information content (AvgIpc) is 2.88. The van der Waals surface area contributed by atoms with Gasteiger partial charge in [-0.1, -0.05) is 24.3 Å². The zero-order valence-electron chi connectivity index (χ0n) is 15.9. The Balaban J connectivity index is 1.60. The van der Waals surface area contributed by atoms with E-state index in [4.69, 9.17) is 4.74 Å². The summed E-state index contributed by atoms with van der Waals surface area (Å²) in [5, 5.41) is 0. The number of hydrogen-bond donors (Lipinski definition) is 0. The van der Waals surface area contributed by atoms with Crippen molar-refractivity contribution >= 4 is 11.8 Å². The monoisotopic (exact) mass is 365 g/mol. The Labute approximate surface area is 161 Å². The molecule has 27 heavy (non-hydrogen) atoms. The predicted molar refractivity (Wildman–Crippen MR) is 105 cm³/mol. The molecule has 1 aliphatic rings. The SMILES string of the molecule is CCOC(=O)c1cncc(Cc2ccc(CC3CCCC(=O)CC3)cc2)c1. The minimum atomic E-state index is -0.330. The van der Waals surface area contributed by atoms with Crippen LogP contribution in [0.15, 0.2) is 42.7 Å². The molecule has 3 rings (SSSR count). The fourth-order valence-electron chi connectivity index (χ4n) is 3.70. The first kappa shape index (κ1) is 19.3. The van der Waals surface area contributed by atoms with E-state index in [0.29, 0.717) is 23.9 Å². The van der Waals surface area contributed by atoms with E-state index < -0.39 is 0 Å². The number of rotatable bonds is 6. The van der Waals surface area contributed by atoms with Crippen molar-refractivity contribution in [3.63, 3.8) is 0 Å². The van der Waals surface area contributed by atoms with E-state index >= 15 is 0 Å². The molecule has 142 valence electrons. The van der Waals surface area contributed by atoms with Crippen LogP contribution in [0.3, 0.4) is 0 Å². The fourth-order valence-corrected chi connectivity index (χ4v) is 3.70. The van der Waals surface area contributed by atoms with Crippen LogP contribution in [0.5, 0.6) is 0 Å². The first-order chi connectivity index (χ1) is 13.1. The number of carbonyl (C=O) groups excluding carboxylic acids is 2. The number of ether oxygens (including phenoxy) is 1. The van der Waals surface area contributed by atoms with E-state index in [0.717, 1.165) is 50.5 Å². The van der Waals surface area contributed by atoms with Crippen LogP contribution >= 0.6 is 0 Å². The van der Waals surface area contributed by atoms with Gasteiger partial charge >= 0.3 is 5.97 Å². The summed E-state index contributed by atoms with van der Waals surface area (Å²) >= 11 is 0. The van der Waals surface area contributed by atoms with Crippen LogP contribution in [-0.4, -0.2) is 23.3 Å². The maximum atomic E-state index is 11.8. The minimum Gasteiger partial charge on any atom is -0.462 e. The van der Waals surface area contributed by atoms with Gasteiger partial charge < -0.3 is 4.74 Å². The molecular weight excluding hydrogens is 338 g/mol. The van der Waals surface area contributed by atoms with Gasteiger partial charge in [0, 0.05) is 25.2 Å². The Morgan fingerprint density at radius 2 is 1.85 bits per heavy atom. The summed E-state index contributed by atoms with van der Waals surface area (Å²) in [7, 11) is 0. The molecule has 0 N–H and O–H groups in total. The molecule has 1 saturated carbocycles. The first-order valence-electron chi connectivity index (χ1n) is 9.84. The molecule has 2 aromatic rings. The molecule has 0 radical (unpaired) electrons. The van der Waals surface area contributed by atoms with Crippen LogP contribution in [-0.2, 0) is 22.4 Å². The lowest BCUT2D eigenvalue weighted by Crippen LogP contribution is -2.06. The molecule has 0 bridgehead atoms. The lowest BCUT2D eigenvalue weighted by Gasteiger charge is -2.14. The molecule has 4 nitrogen and oxygen atoms in total. The summed E-state index contributed by atoms with van der Waals surface area (Å²) in [5.41, 5.74) is 4.01. The largest absolute Gasteiger partial charge is 0.462 e. The van der Waals surface area contributed by atoms with Gasteiger partial charge in [0.15, 0.2) is 0 Å². The number of benzene rings is 1. The Bertz CT molecular complexity index is 782. The molecule has 1 fully saturated rings. The molecule has 1 heterocycles. The highest BCUT2D eigenvalue weighted by atomic mass is 16.5. The third-order valence-corrected chi connectivity index (χ3v) is 5.16. The van der Waals surface area contributed by atoms with Gasteiger partial charge in [-0.3, -0.25) is 9.78 Å². The normalized spacial score (nSPS) is 17.4. The Morgan fingerprint density at radius 1 is 1.07 bits per heavy atom. The molecule has 1 aliphatic carbocycles. The zero-order chi connectivity index (χ0) is 19.1. The molecule has 0 aliphatic heterocycles. The van der Waals surface area contributed by atoms with Crippen molar-refractivity contribution in [2.45, 2.75) is 51.9 Å². The van der Waals surface area contributed by atoms with Gasteiger partial charge in [-0.05, 0) is 67.7 Å². The van der Waals surface area contributed by atoms with Crippen molar-refractivity contribution in [3.05, 3.63) is 65.0 Å². The lowest BCUT2D eigenvalue weighted by molar-refractivity contribution is -0.118. The highest BCUT2D eigenvalue weighted by Gasteiger charge is 2.17. The van der Waals surface area contributed by atoms with Crippen molar-refractivity contribution in [1.29, 1.82) is 0 Å². The second kappa shape index (κ2) is 9.45. The quantitative estimate of drug-likeness (QED) is 0.557. The number of pyridine rings is 1. The van der Waals surface area contributed by atoms with Crippen molar-refractivity contribution in [2.75, 3.05) is 6.61 Å². The van der Waals surface area contributed by atoms with Gasteiger partial charge in [0.1, 0.15) is 5.78 Å². The summed E-state index contributed by atoms with van der Waals surface area (Å²) in [6.07, 6.45) is 9.83. The van der Waals surface area contributed by atoms with Crippen LogP contribution in [0.25, 0.3) is 0 Å². The van der Waals surface area contributed by atoms with Gasteiger partial charge in [-0.25, -0.2) is 4.79 Å². The van der Waals surface area contributed by atoms with Crippen molar-refractivity contribution in [1.82, 2.24) is 4.98 Å². The number of ketones is 1. The average molecular weight is 365 g/mol. The van der Waals surface area contributed by atoms with Crippen LogP contribution < -0.4 is 0 Å². The number of hydrogen-bond acceptors (Lipinski definition) is 4. The van der Waals surface area contributed by atoms with Crippen LogP contribution in [0, 0.1) is 5.92 Å². The molecular formula is C23H27NO3.